The van der Waals surface area contributed by atoms with E-state index in [-0.39, 0.29) is 24.3 Å². The van der Waals surface area contributed by atoms with E-state index in [4.69, 9.17) is 10.5 Å². The van der Waals surface area contributed by atoms with Gasteiger partial charge in [0.05, 0.1) is 11.9 Å². The van der Waals surface area contributed by atoms with Crippen molar-refractivity contribution >= 4 is 12.7 Å². The largest absolute Gasteiger partial charge is 0.383 e. The van der Waals surface area contributed by atoms with Crippen molar-refractivity contribution in [1.29, 1.82) is 0 Å². The highest BCUT2D eigenvalue weighted by molar-refractivity contribution is 7.82. The fourth-order valence-corrected chi connectivity index (χ4v) is 4.65. The van der Waals surface area contributed by atoms with Gasteiger partial charge in [-0.25, -0.2) is 10.1 Å². The topological polar surface area (TPSA) is 105 Å². The highest BCUT2D eigenvalue weighted by Crippen LogP contribution is 2.71. The number of carbonyl (C=O) groups is 1. The molecule has 0 spiro atoms. The maximum Gasteiger partial charge on any atom is 0.239 e. The predicted octanol–water partition coefficient (Wildman–Crippen LogP) is 1.98. The van der Waals surface area contributed by atoms with Crippen LogP contribution in [0.15, 0.2) is 24.6 Å². The molecule has 0 saturated heterocycles. The molecule has 0 aromatic rings. The average Bonchev–Trinajstić information content (AvgIpc) is 3.19. The van der Waals surface area contributed by atoms with E-state index in [2.05, 4.69) is 28.2 Å². The fraction of sp³-hybridized carbons (Fsp3) is 0.545. The van der Waals surface area contributed by atoms with Crippen molar-refractivity contribution < 1.29 is 29.6 Å². The summed E-state index contributed by atoms with van der Waals surface area (Å²) in [6, 6.07) is 0. The van der Waals surface area contributed by atoms with Crippen LogP contribution in [0.2, 0.25) is 0 Å². The number of nitrogens with one attached hydrogen (secondary N) is 1. The number of carbonyl (C=O) groups excluding carboxylic acids is 1. The summed E-state index contributed by atoms with van der Waals surface area (Å²) < 4.78 is 12.9. The maximum atomic E-state index is 12.9. The average molecular weight is 291 g/mol. The minimum absolute atomic E-state index is 0.0279. The Hall–Kier alpha value is -1.14. The molecule has 0 heterocycles. The van der Waals surface area contributed by atoms with Gasteiger partial charge < -0.3 is 14.8 Å². The molecule has 0 aliphatic heterocycles. The number of hydrogen-bond donors (Lipinski definition) is 3. The van der Waals surface area contributed by atoms with Crippen molar-refractivity contribution in [2.75, 3.05) is 12.7 Å². The van der Waals surface area contributed by atoms with Crippen LogP contribution >= 0.6 is 7.14 Å². The first-order chi connectivity index (χ1) is 8.86. The second-order valence-electron chi connectivity index (χ2n) is 4.38. The molecule has 108 valence electrons. The van der Waals surface area contributed by atoms with Crippen LogP contribution in [-0.2, 0) is 19.1 Å². The Morgan fingerprint density at radius 1 is 1.42 bits per heavy atom. The van der Waals surface area contributed by atoms with Crippen LogP contribution < -0.4 is 5.32 Å². The Kier molecular flexibility index (Phi) is 4.92. The Morgan fingerprint density at radius 2 is 2.00 bits per heavy atom. The van der Waals surface area contributed by atoms with E-state index in [1.807, 2.05) is 0 Å². The van der Waals surface area contributed by atoms with Gasteiger partial charge in [-0.15, -0.1) is 0 Å². The van der Waals surface area contributed by atoms with Gasteiger partial charge in [0.2, 0.25) is 5.52 Å². The molecular weight excluding hydrogens is 273 g/mol. The molecular formula is C11H18NO6P. The van der Waals surface area contributed by atoms with E-state index in [0.717, 1.165) is 0 Å². The normalized spacial score (nSPS) is 19.1. The molecule has 3 N–H and O–H groups in total. The van der Waals surface area contributed by atoms with Gasteiger partial charge in [-0.2, -0.15) is 0 Å². The third-order valence-electron chi connectivity index (χ3n) is 3.01. The van der Waals surface area contributed by atoms with Crippen LogP contribution in [0.1, 0.15) is 19.8 Å². The number of likely N-dealkylation sites (N-methyl/N-ethyl adjacent to an activating group) is 1. The lowest BCUT2D eigenvalue weighted by molar-refractivity contribution is -0.267. The first-order valence-electron chi connectivity index (χ1n) is 5.75. The van der Waals surface area contributed by atoms with Gasteiger partial charge in [0.15, 0.2) is 12.5 Å². The molecule has 0 aromatic heterocycles. The van der Waals surface area contributed by atoms with E-state index in [1.54, 1.807) is 6.92 Å². The quantitative estimate of drug-likeness (QED) is 0.196. The Balaban J connectivity index is 3.06. The summed E-state index contributed by atoms with van der Waals surface area (Å²) in [6.45, 7) is 9.05. The Morgan fingerprint density at radius 3 is 2.37 bits per heavy atom. The number of allylic oxidation sites excluding steroid dienone is 2. The minimum Gasteiger partial charge on any atom is -0.383 e. The third-order valence-corrected chi connectivity index (χ3v) is 6.58. The predicted molar refractivity (Wildman–Crippen MR) is 68.8 cm³/mol. The summed E-state index contributed by atoms with van der Waals surface area (Å²) in [5.74, 6) is -0.232. The molecule has 1 aliphatic rings. The van der Waals surface area contributed by atoms with Gasteiger partial charge in [-0.3, -0.25) is 10.1 Å². The lowest BCUT2D eigenvalue weighted by atomic mass is 10.5. The molecule has 0 amide bonds. The molecule has 1 fully saturated rings. The molecule has 1 unspecified atom stereocenters. The Bertz CT molecular complexity index is 442. The van der Waals surface area contributed by atoms with Gasteiger partial charge >= 0.3 is 0 Å². The highest BCUT2D eigenvalue weighted by Gasteiger charge is 2.63. The van der Waals surface area contributed by atoms with E-state index < -0.39 is 24.2 Å². The second kappa shape index (κ2) is 5.88. The van der Waals surface area contributed by atoms with Crippen LogP contribution in [0.3, 0.4) is 0 Å². The zero-order chi connectivity index (χ0) is 14.7. The zero-order valence-corrected chi connectivity index (χ0v) is 11.6. The molecule has 0 radical (unpaired) electrons. The summed E-state index contributed by atoms with van der Waals surface area (Å²) in [7, 11) is -3.72. The van der Waals surface area contributed by atoms with Crippen molar-refractivity contribution in [3.05, 3.63) is 24.6 Å². The van der Waals surface area contributed by atoms with Crippen molar-refractivity contribution in [2.24, 2.45) is 0 Å². The van der Waals surface area contributed by atoms with Crippen LogP contribution in [0.5, 0.6) is 0 Å². The van der Waals surface area contributed by atoms with E-state index in [0.29, 0.717) is 6.54 Å². The molecule has 1 rings (SSSR count). The first-order valence-corrected chi connectivity index (χ1v) is 7.64. The van der Waals surface area contributed by atoms with Gasteiger partial charge in [0.1, 0.15) is 5.76 Å². The Labute approximate surface area is 111 Å². The summed E-state index contributed by atoms with van der Waals surface area (Å²) in [4.78, 5) is 20.4. The van der Waals surface area contributed by atoms with Crippen LogP contribution in [0.25, 0.3) is 0 Å². The summed E-state index contributed by atoms with van der Waals surface area (Å²) >= 11 is 0. The molecule has 19 heavy (non-hydrogen) atoms. The van der Waals surface area contributed by atoms with E-state index in [9.17, 15) is 9.36 Å². The van der Waals surface area contributed by atoms with Crippen LogP contribution in [0, 0.1) is 0 Å². The van der Waals surface area contributed by atoms with Crippen molar-refractivity contribution in [3.8, 4) is 0 Å². The summed E-state index contributed by atoms with van der Waals surface area (Å²) in [5.41, 5.74) is -0.765. The lowest BCUT2D eigenvalue weighted by Gasteiger charge is -2.24. The fourth-order valence-electron chi connectivity index (χ4n) is 1.81. The SMILES string of the molecule is C=C(CP(=O)(C(=O)C(=C)NCC)C1(OO)CC1)OO. The third kappa shape index (κ3) is 2.90. The van der Waals surface area contributed by atoms with Crippen LogP contribution in [0.4, 0.5) is 0 Å². The standard InChI is InChI=1S/C11H18NO6P/c1-4-12-9(3)10(13)19(16,7-8(2)17-14)11(18-15)5-6-11/h12,14-15H,2-7H2,1H3. The molecule has 8 heteroatoms. The molecule has 1 aliphatic carbocycles. The summed E-state index contributed by atoms with van der Waals surface area (Å²) in [6.07, 6.45) is 0.155. The molecule has 7 nitrogen and oxygen atoms in total. The van der Waals surface area contributed by atoms with Crippen molar-refractivity contribution in [2.45, 2.75) is 25.1 Å². The van der Waals surface area contributed by atoms with Gasteiger partial charge in [0.25, 0.3) is 0 Å². The minimum atomic E-state index is -3.72. The van der Waals surface area contributed by atoms with Gasteiger partial charge in [-0.05, 0) is 19.8 Å². The van der Waals surface area contributed by atoms with Crippen LogP contribution in [-0.4, -0.2) is 34.1 Å². The maximum absolute atomic E-state index is 12.9. The summed E-state index contributed by atoms with van der Waals surface area (Å²) in [5, 5.41) is 18.7. The lowest BCUT2D eigenvalue weighted by Crippen LogP contribution is -2.27. The molecule has 1 atom stereocenters. The first kappa shape index (κ1) is 15.9. The number of rotatable bonds is 9. The molecule has 0 aromatic carbocycles. The van der Waals surface area contributed by atoms with E-state index >= 15 is 0 Å². The molecule has 0 bridgehead atoms. The molecule has 1 saturated carbocycles. The second-order valence-corrected chi connectivity index (χ2v) is 7.40. The monoisotopic (exact) mass is 291 g/mol. The van der Waals surface area contributed by atoms with Crippen molar-refractivity contribution in [1.82, 2.24) is 5.32 Å². The van der Waals surface area contributed by atoms with Gasteiger partial charge in [0, 0.05) is 6.54 Å². The number of hydrogen-bond acceptors (Lipinski definition) is 7. The van der Waals surface area contributed by atoms with E-state index in [1.165, 1.54) is 0 Å². The highest BCUT2D eigenvalue weighted by atomic mass is 31.2. The smallest absolute Gasteiger partial charge is 0.239 e. The van der Waals surface area contributed by atoms with Crippen molar-refractivity contribution in [3.63, 3.8) is 0 Å². The zero-order valence-electron chi connectivity index (χ0n) is 10.7. The van der Waals surface area contributed by atoms with Gasteiger partial charge in [-0.1, -0.05) is 13.2 Å².